The van der Waals surface area contributed by atoms with Crippen molar-refractivity contribution in [3.63, 3.8) is 0 Å². The normalized spacial score (nSPS) is 9.86. The van der Waals surface area contributed by atoms with Gasteiger partial charge < -0.3 is 0 Å². The molecule has 3 aromatic carbocycles. The van der Waals surface area contributed by atoms with E-state index < -0.39 is 0 Å². The van der Waals surface area contributed by atoms with Crippen molar-refractivity contribution in [1.29, 1.82) is 0 Å². The minimum Gasteiger partial charge on any atom is -0.295 e. The molecule has 0 radical (unpaired) electrons. The van der Waals surface area contributed by atoms with Crippen LogP contribution in [-0.4, -0.2) is 5.78 Å². The number of Topliss-reactive ketones (excluding diaryl/α,β-unsaturated/α-hetero) is 1. The second-order valence-electron chi connectivity index (χ2n) is 5.05. The summed E-state index contributed by atoms with van der Waals surface area (Å²) in [6.45, 7) is 1.59. The molecule has 0 heterocycles. The highest BCUT2D eigenvalue weighted by atomic mass is 16.1. The molecule has 22 heavy (non-hydrogen) atoms. The Morgan fingerprint density at radius 1 is 0.636 bits per heavy atom. The molecule has 0 saturated carbocycles. The van der Waals surface area contributed by atoms with Crippen molar-refractivity contribution in [3.8, 4) is 22.3 Å². The first kappa shape index (κ1) is 15.7. The summed E-state index contributed by atoms with van der Waals surface area (Å²) in [6, 6.07) is 26.5. The van der Waals surface area contributed by atoms with E-state index in [2.05, 4.69) is 30.3 Å². The maximum absolute atomic E-state index is 11.4. The first-order valence-corrected chi connectivity index (χ1v) is 7.01. The fourth-order valence-corrected chi connectivity index (χ4v) is 2.49. The topological polar surface area (TPSA) is 17.1 Å². The largest absolute Gasteiger partial charge is 0.295 e. The fraction of sp³-hybridized carbons (Fsp3) is 0.0952. The molecule has 1 nitrogen and oxygen atoms in total. The molecule has 0 saturated heterocycles. The van der Waals surface area contributed by atoms with Gasteiger partial charge in [0.05, 0.1) is 0 Å². The molecule has 0 unspecified atom stereocenters. The van der Waals surface area contributed by atoms with Gasteiger partial charge in [-0.25, -0.2) is 0 Å². The van der Waals surface area contributed by atoms with Gasteiger partial charge in [-0.3, -0.25) is 4.79 Å². The maximum atomic E-state index is 11.4. The van der Waals surface area contributed by atoms with Gasteiger partial charge >= 0.3 is 0 Å². The highest BCUT2D eigenvalue weighted by Gasteiger charge is 2.07. The van der Waals surface area contributed by atoms with Gasteiger partial charge in [0.25, 0.3) is 0 Å². The van der Waals surface area contributed by atoms with Crippen LogP contribution in [0.4, 0.5) is 0 Å². The first-order chi connectivity index (χ1) is 10.3. The molecule has 0 aliphatic heterocycles. The lowest BCUT2D eigenvalue weighted by atomic mass is 9.94. The van der Waals surface area contributed by atoms with Crippen LogP contribution in [0.15, 0.2) is 78.9 Å². The van der Waals surface area contributed by atoms with Gasteiger partial charge in [-0.05, 0) is 29.2 Å². The van der Waals surface area contributed by atoms with E-state index in [-0.39, 0.29) is 13.2 Å². The molecule has 0 aliphatic rings. The Hall–Kier alpha value is -2.67. The number of rotatable bonds is 3. The second kappa shape index (κ2) is 6.86. The number of hydrogen-bond acceptors (Lipinski definition) is 1. The van der Waals surface area contributed by atoms with E-state index in [9.17, 15) is 4.79 Å². The van der Waals surface area contributed by atoms with Crippen molar-refractivity contribution < 1.29 is 4.79 Å². The van der Waals surface area contributed by atoms with Crippen molar-refractivity contribution in [2.45, 2.75) is 14.4 Å². The summed E-state index contributed by atoms with van der Waals surface area (Å²) in [7, 11) is 0. The standard InChI is InChI=1S/C20H16O.CH4/c1-15(21)16-11-13-18(14-12-16)20-10-6-5-9-19(20)17-7-3-2-4-8-17;/h2-14H,1H3;1H4. The summed E-state index contributed by atoms with van der Waals surface area (Å²) >= 11 is 0. The SMILES string of the molecule is C.CC(=O)c1ccc(-c2ccccc2-c2ccccc2)cc1. The number of benzene rings is 3. The van der Waals surface area contributed by atoms with E-state index in [0.29, 0.717) is 0 Å². The molecule has 3 aromatic rings. The zero-order valence-electron chi connectivity index (χ0n) is 11.9. The van der Waals surface area contributed by atoms with E-state index in [4.69, 9.17) is 0 Å². The van der Waals surface area contributed by atoms with Crippen LogP contribution in [0.25, 0.3) is 22.3 Å². The predicted octanol–water partition coefficient (Wildman–Crippen LogP) is 5.86. The van der Waals surface area contributed by atoms with Crippen LogP contribution >= 0.6 is 0 Å². The molecule has 0 fully saturated rings. The summed E-state index contributed by atoms with van der Waals surface area (Å²) in [5.41, 5.74) is 5.45. The fourth-order valence-electron chi connectivity index (χ4n) is 2.49. The molecule has 0 spiro atoms. The van der Waals surface area contributed by atoms with E-state index in [0.717, 1.165) is 11.1 Å². The molecule has 0 amide bonds. The molecule has 0 N–H and O–H groups in total. The molecule has 0 aliphatic carbocycles. The van der Waals surface area contributed by atoms with Crippen LogP contribution < -0.4 is 0 Å². The van der Waals surface area contributed by atoms with Gasteiger partial charge in [-0.2, -0.15) is 0 Å². The highest BCUT2D eigenvalue weighted by molar-refractivity contribution is 5.95. The average Bonchev–Trinajstić information content (AvgIpc) is 2.56. The third kappa shape index (κ3) is 3.15. The summed E-state index contributed by atoms with van der Waals surface area (Å²) in [5, 5.41) is 0. The van der Waals surface area contributed by atoms with Crippen molar-refractivity contribution in [1.82, 2.24) is 0 Å². The van der Waals surface area contributed by atoms with Crippen LogP contribution in [0.1, 0.15) is 24.7 Å². The minimum atomic E-state index is 0. The Labute approximate surface area is 132 Å². The lowest BCUT2D eigenvalue weighted by molar-refractivity contribution is 0.101. The Balaban J connectivity index is 0.00000176. The van der Waals surface area contributed by atoms with E-state index in [1.807, 2.05) is 48.5 Å². The van der Waals surface area contributed by atoms with Crippen LogP contribution in [0.2, 0.25) is 0 Å². The summed E-state index contributed by atoms with van der Waals surface area (Å²) in [6.07, 6.45) is 0. The van der Waals surface area contributed by atoms with Crippen LogP contribution in [0, 0.1) is 0 Å². The number of ketones is 1. The van der Waals surface area contributed by atoms with Gasteiger partial charge in [-0.15, -0.1) is 0 Å². The molecular formula is C21H20O. The third-order valence-electron chi connectivity index (χ3n) is 3.61. The quantitative estimate of drug-likeness (QED) is 0.552. The summed E-state index contributed by atoms with van der Waals surface area (Å²) in [5.74, 6) is 0.0953. The smallest absolute Gasteiger partial charge is 0.159 e. The molecule has 3 rings (SSSR count). The van der Waals surface area contributed by atoms with Gasteiger partial charge in [0.2, 0.25) is 0 Å². The maximum Gasteiger partial charge on any atom is 0.159 e. The van der Waals surface area contributed by atoms with Crippen LogP contribution in [0.5, 0.6) is 0 Å². The number of carbonyl (C=O) groups excluding carboxylic acids is 1. The minimum absolute atomic E-state index is 0. The van der Waals surface area contributed by atoms with Gasteiger partial charge in [0.15, 0.2) is 5.78 Å². The van der Waals surface area contributed by atoms with Crippen molar-refractivity contribution in [2.75, 3.05) is 0 Å². The van der Waals surface area contributed by atoms with E-state index >= 15 is 0 Å². The molecule has 1 heteroatoms. The second-order valence-corrected chi connectivity index (χ2v) is 5.05. The monoisotopic (exact) mass is 288 g/mol. The molecule has 0 atom stereocenters. The van der Waals surface area contributed by atoms with Gasteiger partial charge in [-0.1, -0.05) is 86.3 Å². The molecule has 110 valence electrons. The van der Waals surface area contributed by atoms with E-state index in [1.54, 1.807) is 6.92 Å². The Morgan fingerprint density at radius 2 is 1.09 bits per heavy atom. The zero-order chi connectivity index (χ0) is 14.7. The molecular weight excluding hydrogens is 268 g/mol. The first-order valence-electron chi connectivity index (χ1n) is 7.01. The van der Waals surface area contributed by atoms with Crippen molar-refractivity contribution in [2.24, 2.45) is 0 Å². The van der Waals surface area contributed by atoms with E-state index in [1.165, 1.54) is 16.7 Å². The Bertz CT molecular complexity index is 755. The van der Waals surface area contributed by atoms with Crippen LogP contribution in [-0.2, 0) is 0 Å². The van der Waals surface area contributed by atoms with Gasteiger partial charge in [0, 0.05) is 5.56 Å². The lowest BCUT2D eigenvalue weighted by Crippen LogP contribution is -1.91. The lowest BCUT2D eigenvalue weighted by Gasteiger charge is -2.10. The van der Waals surface area contributed by atoms with Crippen molar-refractivity contribution >= 4 is 5.78 Å². The number of carbonyl (C=O) groups is 1. The Kier molecular flexibility index (Phi) is 4.90. The number of hydrogen-bond donors (Lipinski definition) is 0. The van der Waals surface area contributed by atoms with Crippen molar-refractivity contribution in [3.05, 3.63) is 84.4 Å². The predicted molar refractivity (Wildman–Crippen MR) is 94.0 cm³/mol. The van der Waals surface area contributed by atoms with Gasteiger partial charge in [0.1, 0.15) is 0 Å². The Morgan fingerprint density at radius 3 is 1.59 bits per heavy atom. The highest BCUT2D eigenvalue weighted by Crippen LogP contribution is 2.31. The van der Waals surface area contributed by atoms with Crippen LogP contribution in [0.3, 0.4) is 0 Å². The molecule has 0 aromatic heterocycles. The average molecular weight is 288 g/mol. The zero-order valence-corrected chi connectivity index (χ0v) is 11.9. The third-order valence-corrected chi connectivity index (χ3v) is 3.61. The summed E-state index contributed by atoms with van der Waals surface area (Å²) < 4.78 is 0. The summed E-state index contributed by atoms with van der Waals surface area (Å²) in [4.78, 5) is 11.4. The molecule has 0 bridgehead atoms.